The quantitative estimate of drug-likeness (QED) is 0.913. The molecule has 0 saturated carbocycles. The van der Waals surface area contributed by atoms with Gasteiger partial charge in [-0.05, 0) is 18.2 Å². The Bertz CT molecular complexity index is 558. The number of nitrogens with zero attached hydrogens (tertiary/aromatic N) is 2. The predicted octanol–water partition coefficient (Wildman–Crippen LogP) is 2.49. The van der Waals surface area contributed by atoms with Crippen LogP contribution in [-0.4, -0.2) is 54.3 Å². The molecule has 1 aliphatic rings. The summed E-state index contributed by atoms with van der Waals surface area (Å²) < 4.78 is 0. The summed E-state index contributed by atoms with van der Waals surface area (Å²) in [5.74, 6) is 0.145. The average Bonchev–Trinajstić information content (AvgIpc) is 2.49. The Morgan fingerprint density at radius 3 is 2.36 bits per heavy atom. The predicted molar refractivity (Wildman–Crippen MR) is 88.4 cm³/mol. The highest BCUT2D eigenvalue weighted by Gasteiger charge is 2.21. The number of carbonyl (C=O) groups is 2. The molecule has 7 heteroatoms. The van der Waals surface area contributed by atoms with Gasteiger partial charge in [-0.25, -0.2) is 0 Å². The van der Waals surface area contributed by atoms with Gasteiger partial charge in [-0.2, -0.15) is 0 Å². The number of hydrogen-bond donors (Lipinski definition) is 1. The highest BCUT2D eigenvalue weighted by molar-refractivity contribution is 6.36. The molecule has 0 radical (unpaired) electrons. The fourth-order valence-corrected chi connectivity index (χ4v) is 2.84. The van der Waals surface area contributed by atoms with Crippen molar-refractivity contribution in [2.24, 2.45) is 0 Å². The lowest BCUT2D eigenvalue weighted by Gasteiger charge is -2.34. The topological polar surface area (TPSA) is 52.7 Å². The molecule has 1 aromatic carbocycles. The molecule has 0 aromatic heterocycles. The number of rotatable bonds is 4. The molecule has 22 heavy (non-hydrogen) atoms. The van der Waals surface area contributed by atoms with Crippen molar-refractivity contribution in [3.05, 3.63) is 28.2 Å². The maximum Gasteiger partial charge on any atom is 0.224 e. The Hall–Kier alpha value is -1.46. The molecule has 0 aliphatic carbocycles. The van der Waals surface area contributed by atoms with E-state index in [4.69, 9.17) is 23.2 Å². The van der Waals surface area contributed by atoms with Crippen LogP contribution in [-0.2, 0) is 9.59 Å². The van der Waals surface area contributed by atoms with E-state index in [9.17, 15) is 9.59 Å². The molecule has 0 atom stereocenters. The largest absolute Gasteiger partial charge is 0.383 e. The van der Waals surface area contributed by atoms with Gasteiger partial charge in [0, 0.05) is 51.1 Å². The van der Waals surface area contributed by atoms with Crippen LogP contribution >= 0.6 is 23.2 Å². The summed E-state index contributed by atoms with van der Waals surface area (Å²) in [6, 6.07) is 5.20. The highest BCUT2D eigenvalue weighted by Crippen LogP contribution is 2.25. The van der Waals surface area contributed by atoms with Gasteiger partial charge in [0.15, 0.2) is 0 Å². The first-order chi connectivity index (χ1) is 10.5. The molecule has 0 unspecified atom stereocenters. The van der Waals surface area contributed by atoms with Crippen molar-refractivity contribution in [2.75, 3.05) is 38.0 Å². The number of benzene rings is 1. The van der Waals surface area contributed by atoms with Gasteiger partial charge in [-0.15, -0.1) is 0 Å². The van der Waals surface area contributed by atoms with Crippen molar-refractivity contribution < 1.29 is 9.59 Å². The van der Waals surface area contributed by atoms with Crippen molar-refractivity contribution in [1.82, 2.24) is 9.80 Å². The lowest BCUT2D eigenvalue weighted by molar-refractivity contribution is -0.138. The fraction of sp³-hybridized carbons (Fsp3) is 0.467. The van der Waals surface area contributed by atoms with Crippen molar-refractivity contribution in [3.63, 3.8) is 0 Å². The first-order valence-corrected chi connectivity index (χ1v) is 7.95. The monoisotopic (exact) mass is 343 g/mol. The Kier molecular flexibility index (Phi) is 5.91. The molecule has 5 nitrogen and oxygen atoms in total. The van der Waals surface area contributed by atoms with E-state index in [0.29, 0.717) is 49.2 Å². The minimum atomic E-state index is 0.0612. The van der Waals surface area contributed by atoms with Gasteiger partial charge < -0.3 is 15.1 Å². The van der Waals surface area contributed by atoms with E-state index in [1.54, 1.807) is 34.9 Å². The SMILES string of the molecule is CC(=O)N1CCN(C(=O)CCNc2ccc(Cl)cc2Cl)CC1. The van der Waals surface area contributed by atoms with Crippen molar-refractivity contribution in [3.8, 4) is 0 Å². The second-order valence-electron chi connectivity index (χ2n) is 5.19. The third-order valence-corrected chi connectivity index (χ3v) is 4.21. The normalized spacial score (nSPS) is 14.9. The Morgan fingerprint density at radius 1 is 1.14 bits per heavy atom. The van der Waals surface area contributed by atoms with Crippen molar-refractivity contribution in [2.45, 2.75) is 13.3 Å². The molecular formula is C15H19Cl2N3O2. The maximum absolute atomic E-state index is 12.1. The molecular weight excluding hydrogens is 325 g/mol. The summed E-state index contributed by atoms with van der Waals surface area (Å²) in [5.41, 5.74) is 0.764. The Morgan fingerprint density at radius 2 is 1.77 bits per heavy atom. The van der Waals surface area contributed by atoms with E-state index in [-0.39, 0.29) is 11.8 Å². The van der Waals surface area contributed by atoms with E-state index in [2.05, 4.69) is 5.32 Å². The van der Waals surface area contributed by atoms with Crippen LogP contribution in [0.1, 0.15) is 13.3 Å². The van der Waals surface area contributed by atoms with Gasteiger partial charge >= 0.3 is 0 Å². The minimum Gasteiger partial charge on any atom is -0.383 e. The molecule has 0 spiro atoms. The number of nitrogens with one attached hydrogen (secondary N) is 1. The molecule has 1 fully saturated rings. The van der Waals surface area contributed by atoms with E-state index in [1.165, 1.54) is 0 Å². The van der Waals surface area contributed by atoms with Crippen LogP contribution in [0.2, 0.25) is 10.0 Å². The minimum absolute atomic E-state index is 0.0612. The van der Waals surface area contributed by atoms with Crippen LogP contribution in [0.15, 0.2) is 18.2 Å². The number of anilines is 1. The van der Waals surface area contributed by atoms with Gasteiger partial charge in [-0.3, -0.25) is 9.59 Å². The van der Waals surface area contributed by atoms with E-state index >= 15 is 0 Å². The first kappa shape index (κ1) is 16.9. The summed E-state index contributed by atoms with van der Waals surface area (Å²) in [7, 11) is 0. The number of hydrogen-bond acceptors (Lipinski definition) is 3. The van der Waals surface area contributed by atoms with E-state index in [0.717, 1.165) is 5.69 Å². The number of amides is 2. The number of piperazine rings is 1. The molecule has 1 aromatic rings. The van der Waals surface area contributed by atoms with Crippen molar-refractivity contribution >= 4 is 40.7 Å². The summed E-state index contributed by atoms with van der Waals surface area (Å²) in [6.45, 7) is 4.47. The lowest BCUT2D eigenvalue weighted by atomic mass is 10.2. The third kappa shape index (κ3) is 4.52. The molecule has 0 bridgehead atoms. The summed E-state index contributed by atoms with van der Waals surface area (Å²) in [4.78, 5) is 26.9. The van der Waals surface area contributed by atoms with E-state index < -0.39 is 0 Å². The Labute approximate surface area is 140 Å². The average molecular weight is 344 g/mol. The summed E-state index contributed by atoms with van der Waals surface area (Å²) >= 11 is 11.9. The summed E-state index contributed by atoms with van der Waals surface area (Å²) in [6.07, 6.45) is 0.388. The van der Waals surface area contributed by atoms with Crippen molar-refractivity contribution in [1.29, 1.82) is 0 Å². The van der Waals surface area contributed by atoms with Gasteiger partial charge in [0.2, 0.25) is 11.8 Å². The molecule has 120 valence electrons. The van der Waals surface area contributed by atoms with Gasteiger partial charge in [-0.1, -0.05) is 23.2 Å². The van der Waals surface area contributed by atoms with Gasteiger partial charge in [0.1, 0.15) is 0 Å². The zero-order chi connectivity index (χ0) is 16.1. The van der Waals surface area contributed by atoms with E-state index in [1.807, 2.05) is 0 Å². The fourth-order valence-electron chi connectivity index (χ4n) is 2.37. The molecule has 1 N–H and O–H groups in total. The highest BCUT2D eigenvalue weighted by atomic mass is 35.5. The molecule has 1 aliphatic heterocycles. The summed E-state index contributed by atoms with van der Waals surface area (Å²) in [5, 5.41) is 4.25. The zero-order valence-electron chi connectivity index (χ0n) is 12.4. The van der Waals surface area contributed by atoms with Crippen LogP contribution < -0.4 is 5.32 Å². The second kappa shape index (κ2) is 7.70. The van der Waals surface area contributed by atoms with Crippen LogP contribution in [0.4, 0.5) is 5.69 Å². The lowest BCUT2D eigenvalue weighted by Crippen LogP contribution is -2.50. The molecule has 2 amide bonds. The van der Waals surface area contributed by atoms with Crippen LogP contribution in [0.5, 0.6) is 0 Å². The molecule has 1 saturated heterocycles. The van der Waals surface area contributed by atoms with Gasteiger partial charge in [0.25, 0.3) is 0 Å². The number of carbonyl (C=O) groups excluding carboxylic acids is 2. The third-order valence-electron chi connectivity index (χ3n) is 3.66. The smallest absolute Gasteiger partial charge is 0.224 e. The molecule has 2 rings (SSSR count). The van der Waals surface area contributed by atoms with Gasteiger partial charge in [0.05, 0.1) is 10.7 Å². The first-order valence-electron chi connectivity index (χ1n) is 7.19. The van der Waals surface area contributed by atoms with Crippen LogP contribution in [0, 0.1) is 0 Å². The maximum atomic E-state index is 12.1. The molecule has 1 heterocycles. The van der Waals surface area contributed by atoms with Crippen LogP contribution in [0.3, 0.4) is 0 Å². The second-order valence-corrected chi connectivity index (χ2v) is 6.03. The standard InChI is InChI=1S/C15H19Cl2N3O2/c1-11(21)19-6-8-20(9-7-19)15(22)4-5-18-14-3-2-12(16)10-13(14)17/h2-3,10,18H,4-9H2,1H3. The zero-order valence-corrected chi connectivity index (χ0v) is 14.0. The Balaban J connectivity index is 1.75. The van der Waals surface area contributed by atoms with Crippen LogP contribution in [0.25, 0.3) is 0 Å². The number of halogens is 2.